The van der Waals surface area contributed by atoms with Gasteiger partial charge < -0.3 is 15.2 Å². The second-order valence-electron chi connectivity index (χ2n) is 6.78. The Balaban J connectivity index is 1.42. The molecule has 4 rings (SSSR count). The Bertz CT molecular complexity index is 1060. The zero-order valence-electron chi connectivity index (χ0n) is 15.7. The van der Waals surface area contributed by atoms with Crippen LogP contribution in [-0.2, 0) is 4.79 Å². The number of nitrogens with one attached hydrogen (secondary N) is 2. The van der Waals surface area contributed by atoms with E-state index in [9.17, 15) is 9.59 Å². The highest BCUT2D eigenvalue weighted by atomic mass is 32.1. The lowest BCUT2D eigenvalue weighted by Crippen LogP contribution is -2.47. The van der Waals surface area contributed by atoms with Gasteiger partial charge in [-0.2, -0.15) is 0 Å². The van der Waals surface area contributed by atoms with E-state index < -0.39 is 0 Å². The van der Waals surface area contributed by atoms with Gasteiger partial charge in [0.05, 0.1) is 17.2 Å². The number of amides is 1. The highest BCUT2D eigenvalue weighted by Crippen LogP contribution is 2.28. The SMILES string of the molecule is CC(=O)Nc1nnc(N2CCN(C(C)c3ccc4c(=O)[nH]cnc4c3)CC2)s1. The quantitative estimate of drug-likeness (QED) is 0.686. The second kappa shape index (κ2) is 7.64. The number of aromatic nitrogens is 4. The van der Waals surface area contributed by atoms with Gasteiger partial charge >= 0.3 is 0 Å². The first-order valence-electron chi connectivity index (χ1n) is 9.08. The van der Waals surface area contributed by atoms with E-state index in [0.29, 0.717) is 16.0 Å². The molecule has 1 aromatic carbocycles. The lowest BCUT2D eigenvalue weighted by Gasteiger charge is -2.38. The molecular weight excluding hydrogens is 378 g/mol. The number of benzene rings is 1. The standard InChI is InChI=1S/C18H21N7O2S/c1-11(13-3-4-14-15(9-13)19-10-20-16(14)27)24-5-7-25(8-6-24)18-23-22-17(28-18)21-12(2)26/h3-4,9-11H,5-8H2,1-2H3,(H,19,20,27)(H,21,22,26). The van der Waals surface area contributed by atoms with Crippen molar-refractivity contribution in [3.05, 3.63) is 40.4 Å². The van der Waals surface area contributed by atoms with Crippen LogP contribution in [0.1, 0.15) is 25.5 Å². The van der Waals surface area contributed by atoms with Crippen LogP contribution in [0.2, 0.25) is 0 Å². The Hall–Kier alpha value is -2.85. The maximum Gasteiger partial charge on any atom is 0.258 e. The number of nitrogens with zero attached hydrogens (tertiary/aromatic N) is 5. The Labute approximate surface area is 165 Å². The highest BCUT2D eigenvalue weighted by molar-refractivity contribution is 7.19. The van der Waals surface area contributed by atoms with E-state index in [4.69, 9.17) is 0 Å². The number of carbonyl (C=O) groups is 1. The molecule has 0 saturated carbocycles. The van der Waals surface area contributed by atoms with Crippen LogP contribution in [0.5, 0.6) is 0 Å². The summed E-state index contributed by atoms with van der Waals surface area (Å²) in [5, 5.41) is 12.8. The topological polar surface area (TPSA) is 107 Å². The van der Waals surface area contributed by atoms with Crippen molar-refractivity contribution >= 4 is 38.4 Å². The fraction of sp³-hybridized carbons (Fsp3) is 0.389. The summed E-state index contributed by atoms with van der Waals surface area (Å²) < 4.78 is 0. The summed E-state index contributed by atoms with van der Waals surface area (Å²) in [6.07, 6.45) is 1.44. The summed E-state index contributed by atoms with van der Waals surface area (Å²) in [7, 11) is 0. The zero-order chi connectivity index (χ0) is 19.7. The minimum absolute atomic E-state index is 0.117. The molecule has 28 heavy (non-hydrogen) atoms. The van der Waals surface area contributed by atoms with Gasteiger partial charge in [-0.05, 0) is 24.6 Å². The molecule has 9 nitrogen and oxygen atoms in total. The smallest absolute Gasteiger partial charge is 0.258 e. The number of anilines is 2. The molecule has 1 fully saturated rings. The van der Waals surface area contributed by atoms with Crippen LogP contribution >= 0.6 is 11.3 Å². The first-order valence-corrected chi connectivity index (χ1v) is 9.90. The van der Waals surface area contributed by atoms with Gasteiger partial charge in [0, 0.05) is 39.1 Å². The molecule has 2 N–H and O–H groups in total. The van der Waals surface area contributed by atoms with Crippen molar-refractivity contribution < 1.29 is 4.79 Å². The average Bonchev–Trinajstić information content (AvgIpc) is 3.15. The highest BCUT2D eigenvalue weighted by Gasteiger charge is 2.24. The van der Waals surface area contributed by atoms with Gasteiger partial charge in [0.1, 0.15) is 0 Å². The average molecular weight is 399 g/mol. The van der Waals surface area contributed by atoms with Crippen LogP contribution in [0.3, 0.4) is 0 Å². The normalized spacial score (nSPS) is 16.3. The first kappa shape index (κ1) is 18.5. The number of aromatic amines is 1. The number of rotatable bonds is 4. The van der Waals surface area contributed by atoms with Crippen molar-refractivity contribution in [3.63, 3.8) is 0 Å². The van der Waals surface area contributed by atoms with E-state index >= 15 is 0 Å². The van der Waals surface area contributed by atoms with E-state index in [0.717, 1.165) is 36.9 Å². The summed E-state index contributed by atoms with van der Waals surface area (Å²) >= 11 is 1.39. The van der Waals surface area contributed by atoms with Crippen LogP contribution in [0, 0.1) is 0 Å². The minimum Gasteiger partial charge on any atom is -0.344 e. The molecule has 0 bridgehead atoms. The van der Waals surface area contributed by atoms with Gasteiger partial charge in [-0.1, -0.05) is 17.4 Å². The van der Waals surface area contributed by atoms with Gasteiger partial charge in [0.15, 0.2) is 0 Å². The third-order valence-electron chi connectivity index (χ3n) is 4.98. The first-order chi connectivity index (χ1) is 13.5. The molecule has 3 aromatic rings. The van der Waals surface area contributed by atoms with Crippen molar-refractivity contribution in [2.75, 3.05) is 36.4 Å². The van der Waals surface area contributed by atoms with Crippen LogP contribution in [-0.4, -0.2) is 57.2 Å². The van der Waals surface area contributed by atoms with Gasteiger partial charge in [0.25, 0.3) is 5.56 Å². The molecule has 0 aliphatic carbocycles. The van der Waals surface area contributed by atoms with Gasteiger partial charge in [-0.25, -0.2) is 4.98 Å². The number of piperazine rings is 1. The van der Waals surface area contributed by atoms with Crippen molar-refractivity contribution in [2.24, 2.45) is 0 Å². The maximum atomic E-state index is 11.8. The number of carbonyl (C=O) groups excluding carboxylic acids is 1. The number of hydrogen-bond acceptors (Lipinski definition) is 8. The molecular formula is C18H21N7O2S. The van der Waals surface area contributed by atoms with E-state index in [-0.39, 0.29) is 17.5 Å². The minimum atomic E-state index is -0.145. The van der Waals surface area contributed by atoms with Crippen molar-refractivity contribution in [3.8, 4) is 0 Å². The van der Waals surface area contributed by atoms with Crippen molar-refractivity contribution in [1.29, 1.82) is 0 Å². The molecule has 1 atom stereocenters. The largest absolute Gasteiger partial charge is 0.344 e. The number of hydrogen-bond donors (Lipinski definition) is 2. The Morgan fingerprint density at radius 1 is 1.25 bits per heavy atom. The van der Waals surface area contributed by atoms with Crippen LogP contribution in [0.4, 0.5) is 10.3 Å². The molecule has 1 amide bonds. The Morgan fingerprint density at radius 2 is 2.04 bits per heavy atom. The summed E-state index contributed by atoms with van der Waals surface area (Å²) in [4.78, 5) is 34.5. The Kier molecular flexibility index (Phi) is 5.05. The fourth-order valence-electron chi connectivity index (χ4n) is 3.40. The predicted molar refractivity (Wildman–Crippen MR) is 109 cm³/mol. The van der Waals surface area contributed by atoms with E-state index in [2.05, 4.69) is 42.2 Å². The van der Waals surface area contributed by atoms with E-state index in [1.54, 1.807) is 0 Å². The van der Waals surface area contributed by atoms with E-state index in [1.165, 1.54) is 24.6 Å². The molecule has 1 aliphatic rings. The molecule has 146 valence electrons. The molecule has 0 radical (unpaired) electrons. The number of H-pyrrole nitrogens is 1. The fourth-order valence-corrected chi connectivity index (χ4v) is 4.24. The zero-order valence-corrected chi connectivity index (χ0v) is 16.5. The Morgan fingerprint density at radius 3 is 2.79 bits per heavy atom. The number of fused-ring (bicyclic) bond motifs is 1. The third-order valence-corrected chi connectivity index (χ3v) is 5.88. The summed E-state index contributed by atoms with van der Waals surface area (Å²) in [6, 6.07) is 6.05. The van der Waals surface area contributed by atoms with Crippen LogP contribution in [0.25, 0.3) is 10.9 Å². The molecule has 0 spiro atoms. The lowest BCUT2D eigenvalue weighted by atomic mass is 10.0. The van der Waals surface area contributed by atoms with Gasteiger partial charge in [-0.15, -0.1) is 10.2 Å². The molecule has 2 aromatic heterocycles. The summed E-state index contributed by atoms with van der Waals surface area (Å²) in [5.74, 6) is -0.145. The molecule has 1 saturated heterocycles. The summed E-state index contributed by atoms with van der Waals surface area (Å²) in [6.45, 7) is 7.08. The van der Waals surface area contributed by atoms with Gasteiger partial charge in [0.2, 0.25) is 16.2 Å². The van der Waals surface area contributed by atoms with Gasteiger partial charge in [-0.3, -0.25) is 14.5 Å². The third kappa shape index (κ3) is 3.73. The monoisotopic (exact) mass is 399 g/mol. The predicted octanol–water partition coefficient (Wildman–Crippen LogP) is 1.62. The summed E-state index contributed by atoms with van der Waals surface area (Å²) in [5.41, 5.74) is 1.74. The lowest BCUT2D eigenvalue weighted by molar-refractivity contribution is -0.114. The molecule has 1 unspecified atom stereocenters. The van der Waals surface area contributed by atoms with Crippen molar-refractivity contribution in [2.45, 2.75) is 19.9 Å². The second-order valence-corrected chi connectivity index (χ2v) is 7.73. The van der Waals surface area contributed by atoms with Crippen molar-refractivity contribution in [1.82, 2.24) is 25.1 Å². The maximum absolute atomic E-state index is 11.8. The molecule has 1 aliphatic heterocycles. The van der Waals surface area contributed by atoms with Crippen LogP contribution < -0.4 is 15.8 Å². The molecule has 10 heteroatoms. The van der Waals surface area contributed by atoms with Crippen LogP contribution in [0.15, 0.2) is 29.3 Å². The molecule has 3 heterocycles. The van der Waals surface area contributed by atoms with E-state index in [1.807, 2.05) is 18.2 Å².